The van der Waals surface area contributed by atoms with Crippen LogP contribution >= 0.6 is 0 Å². The highest BCUT2D eigenvalue weighted by molar-refractivity contribution is 5.96. The van der Waals surface area contributed by atoms with E-state index in [0.717, 1.165) is 0 Å². The molecule has 1 aromatic carbocycles. The first-order chi connectivity index (χ1) is 10.00. The van der Waals surface area contributed by atoms with Crippen LogP contribution in [0, 0.1) is 0 Å². The zero-order valence-corrected chi connectivity index (χ0v) is 12.5. The summed E-state index contributed by atoms with van der Waals surface area (Å²) in [5.41, 5.74) is 0.693. The number of ether oxygens (including phenoxy) is 4. The van der Waals surface area contributed by atoms with E-state index in [1.54, 1.807) is 20.3 Å². The molecule has 0 unspecified atom stereocenters. The molecule has 21 heavy (non-hydrogen) atoms. The lowest BCUT2D eigenvalue weighted by Crippen LogP contribution is -2.64. The maximum Gasteiger partial charge on any atom is 0.337 e. The number of carboxylic acids is 1. The third kappa shape index (κ3) is 2.62. The van der Waals surface area contributed by atoms with Gasteiger partial charge in [-0.05, 0) is 0 Å². The second kappa shape index (κ2) is 5.79. The van der Waals surface area contributed by atoms with E-state index in [1.165, 1.54) is 20.3 Å². The van der Waals surface area contributed by atoms with Gasteiger partial charge in [0, 0.05) is 26.4 Å². The number of nitrogens with zero attached hydrogens (tertiary/aromatic N) is 1. The van der Waals surface area contributed by atoms with E-state index < -0.39 is 11.8 Å². The third-order valence-electron chi connectivity index (χ3n) is 3.68. The van der Waals surface area contributed by atoms with Gasteiger partial charge < -0.3 is 29.0 Å². The molecule has 0 radical (unpaired) electrons. The summed E-state index contributed by atoms with van der Waals surface area (Å²) in [4.78, 5) is 13.3. The molecule has 1 heterocycles. The quantitative estimate of drug-likeness (QED) is 0.791. The first-order valence-corrected chi connectivity index (χ1v) is 6.35. The van der Waals surface area contributed by atoms with Gasteiger partial charge in [-0.25, -0.2) is 4.79 Å². The monoisotopic (exact) mass is 297 g/mol. The van der Waals surface area contributed by atoms with Crippen LogP contribution in [-0.2, 0) is 9.47 Å². The molecule has 1 fully saturated rings. The number of carbonyl (C=O) groups is 1. The SMILES string of the molecule is COc1cc(C(=O)O)c(N2CC(OC)(OC)C2)cc1OC. The lowest BCUT2D eigenvalue weighted by Gasteiger charge is -2.49. The van der Waals surface area contributed by atoms with E-state index in [0.29, 0.717) is 30.3 Å². The summed E-state index contributed by atoms with van der Waals surface area (Å²) in [6.45, 7) is 0.880. The molecular formula is C14H19NO6. The summed E-state index contributed by atoms with van der Waals surface area (Å²) in [7, 11) is 6.10. The minimum atomic E-state index is -1.03. The van der Waals surface area contributed by atoms with Crippen molar-refractivity contribution in [3.63, 3.8) is 0 Å². The number of hydrogen-bond donors (Lipinski definition) is 1. The van der Waals surface area contributed by atoms with Gasteiger partial charge in [0.2, 0.25) is 5.79 Å². The molecule has 1 aliphatic heterocycles. The van der Waals surface area contributed by atoms with Crippen LogP contribution in [0.2, 0.25) is 0 Å². The summed E-state index contributed by atoms with van der Waals surface area (Å²) in [5, 5.41) is 9.38. The van der Waals surface area contributed by atoms with Crippen LogP contribution in [0.15, 0.2) is 12.1 Å². The third-order valence-corrected chi connectivity index (χ3v) is 3.68. The van der Waals surface area contributed by atoms with Gasteiger partial charge in [-0.1, -0.05) is 0 Å². The van der Waals surface area contributed by atoms with Gasteiger partial charge in [-0.15, -0.1) is 0 Å². The maximum atomic E-state index is 11.4. The summed E-state index contributed by atoms with van der Waals surface area (Å²) >= 11 is 0. The summed E-state index contributed by atoms with van der Waals surface area (Å²) < 4.78 is 21.0. The number of anilines is 1. The lowest BCUT2D eigenvalue weighted by atomic mass is 10.0. The van der Waals surface area contributed by atoms with Crippen LogP contribution < -0.4 is 14.4 Å². The molecule has 1 N–H and O–H groups in total. The molecule has 0 atom stereocenters. The number of methoxy groups -OCH3 is 4. The Labute approximate surface area is 123 Å². The first kappa shape index (κ1) is 15.4. The van der Waals surface area contributed by atoms with Crippen molar-refractivity contribution in [3.05, 3.63) is 17.7 Å². The van der Waals surface area contributed by atoms with E-state index in [9.17, 15) is 9.90 Å². The van der Waals surface area contributed by atoms with E-state index in [-0.39, 0.29) is 5.56 Å². The van der Waals surface area contributed by atoms with Crippen LogP contribution in [0.3, 0.4) is 0 Å². The minimum Gasteiger partial charge on any atom is -0.493 e. The molecule has 1 saturated heterocycles. The Kier molecular flexibility index (Phi) is 4.24. The molecule has 0 aliphatic carbocycles. The number of aromatic carboxylic acids is 1. The predicted octanol–water partition coefficient (Wildman–Crippen LogP) is 1.21. The van der Waals surface area contributed by atoms with Gasteiger partial charge >= 0.3 is 5.97 Å². The normalized spacial score (nSPS) is 16.3. The Morgan fingerprint density at radius 3 is 2.05 bits per heavy atom. The van der Waals surface area contributed by atoms with Crippen LogP contribution in [-0.4, -0.2) is 58.4 Å². The highest BCUT2D eigenvalue weighted by atomic mass is 16.7. The Morgan fingerprint density at radius 1 is 1.10 bits per heavy atom. The summed E-state index contributed by atoms with van der Waals surface area (Å²) in [6.07, 6.45) is 0. The fourth-order valence-electron chi connectivity index (χ4n) is 2.35. The molecule has 1 aromatic rings. The maximum absolute atomic E-state index is 11.4. The molecule has 2 rings (SSSR count). The van der Waals surface area contributed by atoms with Crippen molar-refractivity contribution in [2.24, 2.45) is 0 Å². The van der Waals surface area contributed by atoms with Gasteiger partial charge in [0.05, 0.1) is 38.6 Å². The fraction of sp³-hybridized carbons (Fsp3) is 0.500. The van der Waals surface area contributed by atoms with Gasteiger partial charge in [0.15, 0.2) is 11.5 Å². The second-order valence-corrected chi connectivity index (χ2v) is 4.70. The largest absolute Gasteiger partial charge is 0.493 e. The fourth-order valence-corrected chi connectivity index (χ4v) is 2.35. The summed E-state index contributed by atoms with van der Waals surface area (Å²) in [6, 6.07) is 3.10. The molecule has 0 aromatic heterocycles. The standard InChI is InChI=1S/C14H19NO6/c1-18-11-5-9(13(16)17)10(6-12(11)19-2)15-7-14(8-15,20-3)21-4/h5-6H,7-8H2,1-4H3,(H,16,17). The van der Waals surface area contributed by atoms with Crippen molar-refractivity contribution in [3.8, 4) is 11.5 Å². The van der Waals surface area contributed by atoms with Crippen molar-refractivity contribution >= 4 is 11.7 Å². The molecule has 0 saturated carbocycles. The van der Waals surface area contributed by atoms with E-state index >= 15 is 0 Å². The van der Waals surface area contributed by atoms with E-state index in [1.807, 2.05) is 4.90 Å². The van der Waals surface area contributed by atoms with Crippen molar-refractivity contribution in [1.29, 1.82) is 0 Å². The van der Waals surface area contributed by atoms with E-state index in [4.69, 9.17) is 18.9 Å². The number of benzene rings is 1. The van der Waals surface area contributed by atoms with Gasteiger partial charge in [-0.3, -0.25) is 0 Å². The van der Waals surface area contributed by atoms with Crippen LogP contribution in [0.25, 0.3) is 0 Å². The molecule has 116 valence electrons. The van der Waals surface area contributed by atoms with Crippen LogP contribution in [0.5, 0.6) is 11.5 Å². The molecular weight excluding hydrogens is 278 g/mol. The first-order valence-electron chi connectivity index (χ1n) is 6.35. The van der Waals surface area contributed by atoms with E-state index in [2.05, 4.69) is 0 Å². The lowest BCUT2D eigenvalue weighted by molar-refractivity contribution is -0.219. The number of carboxylic acid groups (broad SMARTS) is 1. The topological polar surface area (TPSA) is 77.5 Å². The Balaban J connectivity index is 2.37. The van der Waals surface area contributed by atoms with Gasteiger partial charge in [-0.2, -0.15) is 0 Å². The average Bonchev–Trinajstić information content (AvgIpc) is 2.46. The molecule has 0 bridgehead atoms. The molecule has 0 amide bonds. The molecule has 0 spiro atoms. The van der Waals surface area contributed by atoms with Gasteiger partial charge in [0.1, 0.15) is 0 Å². The smallest absolute Gasteiger partial charge is 0.337 e. The predicted molar refractivity (Wildman–Crippen MR) is 75.5 cm³/mol. The Bertz CT molecular complexity index is 533. The van der Waals surface area contributed by atoms with Crippen LogP contribution in [0.1, 0.15) is 10.4 Å². The Morgan fingerprint density at radius 2 is 1.62 bits per heavy atom. The van der Waals surface area contributed by atoms with Crippen molar-refractivity contribution in [2.45, 2.75) is 5.79 Å². The van der Waals surface area contributed by atoms with Crippen molar-refractivity contribution in [2.75, 3.05) is 46.4 Å². The molecule has 7 nitrogen and oxygen atoms in total. The second-order valence-electron chi connectivity index (χ2n) is 4.70. The number of hydrogen-bond acceptors (Lipinski definition) is 6. The number of rotatable bonds is 6. The summed E-state index contributed by atoms with van der Waals surface area (Å²) in [5.74, 6) is -0.866. The zero-order chi connectivity index (χ0) is 15.6. The van der Waals surface area contributed by atoms with Crippen molar-refractivity contribution < 1.29 is 28.8 Å². The average molecular weight is 297 g/mol. The molecule has 7 heteroatoms. The van der Waals surface area contributed by atoms with Crippen molar-refractivity contribution in [1.82, 2.24) is 0 Å². The van der Waals surface area contributed by atoms with Crippen LogP contribution in [0.4, 0.5) is 5.69 Å². The highest BCUT2D eigenvalue weighted by Gasteiger charge is 2.45. The minimum absolute atomic E-state index is 0.147. The highest BCUT2D eigenvalue weighted by Crippen LogP contribution is 2.39. The Hall–Kier alpha value is -1.99. The zero-order valence-electron chi connectivity index (χ0n) is 12.5. The molecule has 1 aliphatic rings. The van der Waals surface area contributed by atoms with Gasteiger partial charge in [0.25, 0.3) is 0 Å².